The molecule has 0 bridgehead atoms. The van der Waals surface area contributed by atoms with Crippen LogP contribution >= 0.6 is 0 Å². The lowest BCUT2D eigenvalue weighted by Gasteiger charge is -2.33. The number of carbonyl (C=O) groups excluding carboxylic acids is 1. The second-order valence-electron chi connectivity index (χ2n) is 9.32. The van der Waals surface area contributed by atoms with Gasteiger partial charge < -0.3 is 10.2 Å². The van der Waals surface area contributed by atoms with Crippen LogP contribution in [-0.2, 0) is 38.8 Å². The van der Waals surface area contributed by atoms with E-state index in [-0.39, 0.29) is 18.3 Å². The summed E-state index contributed by atoms with van der Waals surface area (Å²) in [6, 6.07) is 8.87. The Balaban J connectivity index is 1.77. The molecule has 2 aromatic rings. The first-order chi connectivity index (χ1) is 16.8. The molecule has 4 N–H and O–H groups in total. The van der Waals surface area contributed by atoms with Crippen molar-refractivity contribution in [2.45, 2.75) is 58.0 Å². The van der Waals surface area contributed by atoms with Crippen molar-refractivity contribution >= 4 is 23.1 Å². The number of nitrogens with two attached hydrogens (primary N) is 1. The molecule has 2 heterocycles. The van der Waals surface area contributed by atoms with Crippen LogP contribution < -0.4 is 16.0 Å². The molecular weight excluding hydrogens is 497 g/mol. The summed E-state index contributed by atoms with van der Waals surface area (Å²) in [7, 11) is 0. The number of amides is 1. The molecule has 12 heteroatoms. The molecular formula is C24H31F3N4O4S. The lowest BCUT2D eigenvalue weighted by Crippen LogP contribution is -2.37. The number of hydrogen-bond donors (Lipinski definition) is 3. The summed E-state index contributed by atoms with van der Waals surface area (Å²) >= 11 is -2.58. The van der Waals surface area contributed by atoms with Crippen molar-refractivity contribution in [2.24, 2.45) is 11.7 Å². The third-order valence-electron chi connectivity index (χ3n) is 6.38. The van der Waals surface area contributed by atoms with Crippen LogP contribution in [0.4, 0.5) is 19.0 Å². The number of alkyl halides is 3. The molecule has 3 rings (SSSR count). The third kappa shape index (κ3) is 7.02. The molecule has 0 saturated carbocycles. The molecule has 1 amide bonds. The highest BCUT2D eigenvalue weighted by molar-refractivity contribution is 7.74. The SMILES string of the molecule is CC1CCN(c2nc(C(F)(F)F)ccc2CNC(=O)C(C)c2cccc(C(C)(N)OS(=O)O)c2)CC1. The zero-order valence-corrected chi connectivity index (χ0v) is 21.2. The average Bonchev–Trinajstić information content (AvgIpc) is 2.81. The number of halogens is 3. The van der Waals surface area contributed by atoms with Gasteiger partial charge in [0, 0.05) is 25.2 Å². The molecule has 198 valence electrons. The van der Waals surface area contributed by atoms with Crippen molar-refractivity contribution in [2.75, 3.05) is 18.0 Å². The Morgan fingerprint density at radius 1 is 1.31 bits per heavy atom. The minimum Gasteiger partial charge on any atom is -0.356 e. The summed E-state index contributed by atoms with van der Waals surface area (Å²) in [4.78, 5) is 18.7. The predicted molar refractivity (Wildman–Crippen MR) is 130 cm³/mol. The van der Waals surface area contributed by atoms with Gasteiger partial charge in [-0.25, -0.2) is 9.17 Å². The summed E-state index contributed by atoms with van der Waals surface area (Å²) in [6.45, 7) is 6.40. The summed E-state index contributed by atoms with van der Waals surface area (Å²) in [5, 5.41) is 2.80. The molecule has 8 nitrogen and oxygen atoms in total. The van der Waals surface area contributed by atoms with Crippen molar-refractivity contribution in [3.8, 4) is 0 Å². The number of rotatable bonds is 8. The van der Waals surface area contributed by atoms with Crippen molar-refractivity contribution in [1.82, 2.24) is 10.3 Å². The molecule has 0 radical (unpaired) electrons. The number of anilines is 1. The number of carbonyl (C=O) groups is 1. The largest absolute Gasteiger partial charge is 0.433 e. The zero-order chi connectivity index (χ0) is 26.7. The van der Waals surface area contributed by atoms with E-state index >= 15 is 0 Å². The highest BCUT2D eigenvalue weighted by atomic mass is 32.2. The summed E-state index contributed by atoms with van der Waals surface area (Å²) < 4.78 is 64.9. The molecule has 1 aliphatic rings. The Morgan fingerprint density at radius 2 is 1.97 bits per heavy atom. The van der Waals surface area contributed by atoms with Crippen LogP contribution in [0, 0.1) is 5.92 Å². The second-order valence-corrected chi connectivity index (χ2v) is 9.92. The Kier molecular flexibility index (Phi) is 8.75. The number of nitrogens with one attached hydrogen (secondary N) is 1. The fourth-order valence-corrected chi connectivity index (χ4v) is 4.46. The van der Waals surface area contributed by atoms with Crippen LogP contribution in [0.5, 0.6) is 0 Å². The van der Waals surface area contributed by atoms with Crippen LogP contribution in [-0.4, -0.2) is 32.7 Å². The van der Waals surface area contributed by atoms with E-state index in [9.17, 15) is 22.2 Å². The molecule has 1 aromatic carbocycles. The van der Waals surface area contributed by atoms with Gasteiger partial charge in [-0.15, -0.1) is 0 Å². The minimum atomic E-state index is -4.57. The first-order valence-electron chi connectivity index (χ1n) is 11.6. The monoisotopic (exact) mass is 528 g/mol. The molecule has 0 aliphatic carbocycles. The molecule has 3 atom stereocenters. The smallest absolute Gasteiger partial charge is 0.356 e. The van der Waals surface area contributed by atoms with E-state index in [1.165, 1.54) is 13.0 Å². The Bertz CT molecular complexity index is 1110. The van der Waals surface area contributed by atoms with Gasteiger partial charge in [0.1, 0.15) is 11.5 Å². The maximum absolute atomic E-state index is 13.3. The van der Waals surface area contributed by atoms with Gasteiger partial charge >= 0.3 is 17.5 Å². The number of nitrogens with zero attached hydrogens (tertiary/aromatic N) is 2. The molecule has 1 saturated heterocycles. The van der Waals surface area contributed by atoms with E-state index in [0.29, 0.717) is 35.7 Å². The molecule has 1 fully saturated rings. The van der Waals surface area contributed by atoms with E-state index in [2.05, 4.69) is 17.2 Å². The summed E-state index contributed by atoms with van der Waals surface area (Å²) in [5.74, 6) is -0.262. The fourth-order valence-electron chi connectivity index (χ4n) is 4.07. The topological polar surface area (TPSA) is 118 Å². The minimum absolute atomic E-state index is 0.0105. The summed E-state index contributed by atoms with van der Waals surface area (Å²) in [6.07, 6.45) is -2.86. The third-order valence-corrected chi connectivity index (χ3v) is 6.87. The maximum atomic E-state index is 13.3. The Hall–Kier alpha value is -2.54. The first-order valence-corrected chi connectivity index (χ1v) is 12.6. The van der Waals surface area contributed by atoms with Gasteiger partial charge in [-0.2, -0.15) is 17.4 Å². The van der Waals surface area contributed by atoms with E-state index in [1.807, 2.05) is 4.90 Å². The van der Waals surface area contributed by atoms with Crippen LogP contribution in [0.3, 0.4) is 0 Å². The van der Waals surface area contributed by atoms with E-state index in [1.54, 1.807) is 31.2 Å². The molecule has 0 spiro atoms. The van der Waals surface area contributed by atoms with E-state index in [0.717, 1.165) is 18.9 Å². The van der Waals surface area contributed by atoms with Gasteiger partial charge in [-0.3, -0.25) is 15.1 Å². The molecule has 1 aromatic heterocycles. The van der Waals surface area contributed by atoms with Crippen molar-refractivity contribution in [1.29, 1.82) is 0 Å². The molecule has 1 aliphatic heterocycles. The Labute approximate surface area is 210 Å². The maximum Gasteiger partial charge on any atom is 0.433 e. The number of aromatic nitrogens is 1. The molecule has 36 heavy (non-hydrogen) atoms. The van der Waals surface area contributed by atoms with Crippen molar-refractivity contribution < 1.29 is 30.9 Å². The number of pyridine rings is 1. The van der Waals surface area contributed by atoms with Gasteiger partial charge in [0.05, 0.1) is 5.92 Å². The average molecular weight is 529 g/mol. The van der Waals surface area contributed by atoms with Crippen LogP contribution in [0.1, 0.15) is 61.9 Å². The highest BCUT2D eigenvalue weighted by Gasteiger charge is 2.34. The standard InChI is InChI=1S/C24H31F3N4O4S/c1-15-9-11-31(12-10-15)21-18(7-8-20(30-21)24(25,26)27)14-29-22(32)16(2)17-5-4-6-19(13-17)23(3,28)35-36(33)34/h4-8,13,15-16H,9-12,14,28H2,1-3H3,(H,29,32)(H,33,34). The predicted octanol–water partition coefficient (Wildman–Crippen LogP) is 4.04. The van der Waals surface area contributed by atoms with Gasteiger partial charge in [-0.05, 0) is 49.8 Å². The van der Waals surface area contributed by atoms with Gasteiger partial charge in [0.25, 0.3) is 0 Å². The van der Waals surface area contributed by atoms with E-state index < -0.39 is 34.9 Å². The fraction of sp³-hybridized carbons (Fsp3) is 0.500. The highest BCUT2D eigenvalue weighted by Crippen LogP contribution is 2.32. The van der Waals surface area contributed by atoms with Crippen LogP contribution in [0.25, 0.3) is 0 Å². The number of hydrogen-bond acceptors (Lipinski definition) is 6. The lowest BCUT2D eigenvalue weighted by molar-refractivity contribution is -0.141. The Morgan fingerprint density at radius 3 is 2.58 bits per heavy atom. The van der Waals surface area contributed by atoms with Crippen molar-refractivity contribution in [3.63, 3.8) is 0 Å². The number of benzene rings is 1. The lowest BCUT2D eigenvalue weighted by atomic mass is 9.95. The first kappa shape index (κ1) is 28.0. The van der Waals surface area contributed by atoms with Crippen molar-refractivity contribution in [3.05, 3.63) is 58.8 Å². The summed E-state index contributed by atoms with van der Waals surface area (Å²) in [5.41, 5.74) is 4.95. The number of piperidine rings is 1. The second kappa shape index (κ2) is 11.2. The van der Waals surface area contributed by atoms with Gasteiger partial charge in [0.15, 0.2) is 5.72 Å². The van der Waals surface area contributed by atoms with Crippen LogP contribution in [0.15, 0.2) is 36.4 Å². The van der Waals surface area contributed by atoms with Gasteiger partial charge in [-0.1, -0.05) is 37.3 Å². The van der Waals surface area contributed by atoms with E-state index in [4.69, 9.17) is 14.5 Å². The molecule has 3 unspecified atom stereocenters. The van der Waals surface area contributed by atoms with Gasteiger partial charge in [0.2, 0.25) is 5.91 Å². The van der Waals surface area contributed by atoms with Crippen LogP contribution in [0.2, 0.25) is 0 Å². The quantitative estimate of drug-likeness (QED) is 0.350. The zero-order valence-electron chi connectivity index (χ0n) is 20.3. The normalized spacial score (nSPS) is 18.4.